The number of nitrogens with zero attached hydrogens (tertiary/aromatic N) is 1. The van der Waals surface area contributed by atoms with Crippen LogP contribution in [0.15, 0.2) is 40.4 Å². The van der Waals surface area contributed by atoms with Crippen LogP contribution in [0.1, 0.15) is 6.42 Å². The van der Waals surface area contributed by atoms with E-state index < -0.39 is 0 Å². The fraction of sp³-hybridized carbons (Fsp3) is 0.364. The molecule has 0 aromatic rings. The van der Waals surface area contributed by atoms with Crippen LogP contribution >= 0.6 is 0 Å². The molecule has 0 spiro atoms. The van der Waals surface area contributed by atoms with Crippen molar-refractivity contribution in [3.63, 3.8) is 0 Å². The van der Waals surface area contributed by atoms with Gasteiger partial charge in [0.15, 0.2) is 0 Å². The molecule has 0 bridgehead atoms. The Bertz CT molecular complexity index is 358. The highest BCUT2D eigenvalue weighted by Crippen LogP contribution is 2.25. The van der Waals surface area contributed by atoms with Crippen LogP contribution in [0.3, 0.4) is 0 Å². The van der Waals surface area contributed by atoms with Gasteiger partial charge in [0.25, 0.3) is 0 Å². The van der Waals surface area contributed by atoms with Crippen LogP contribution in [0.25, 0.3) is 0 Å². The molecule has 2 heterocycles. The topological polar surface area (TPSA) is 24.4 Å². The van der Waals surface area contributed by atoms with Gasteiger partial charge >= 0.3 is 0 Å². The molecule has 3 rings (SSSR count). The van der Waals surface area contributed by atoms with Crippen LogP contribution in [0.4, 0.5) is 0 Å². The number of piperidine rings is 1. The van der Waals surface area contributed by atoms with Crippen molar-refractivity contribution in [2.45, 2.75) is 12.5 Å². The van der Waals surface area contributed by atoms with Crippen molar-refractivity contribution in [3.8, 4) is 0 Å². The van der Waals surface area contributed by atoms with Crippen molar-refractivity contribution in [2.75, 3.05) is 13.1 Å². The number of hydrogen-bond acceptors (Lipinski definition) is 2. The first-order chi connectivity index (χ1) is 6.43. The Kier molecular flexibility index (Phi) is 1.49. The van der Waals surface area contributed by atoms with E-state index >= 15 is 0 Å². The van der Waals surface area contributed by atoms with Gasteiger partial charge in [0, 0.05) is 6.54 Å². The summed E-state index contributed by atoms with van der Waals surface area (Å²) in [5, 5.41) is 3.38. The number of fused-ring (bicyclic) bond motifs is 2. The average Bonchev–Trinajstić information content (AvgIpc) is 2.61. The molecule has 13 heavy (non-hydrogen) atoms. The minimum Gasteiger partial charge on any atom is -0.313 e. The van der Waals surface area contributed by atoms with Crippen molar-refractivity contribution >= 4 is 5.71 Å². The van der Waals surface area contributed by atoms with Gasteiger partial charge in [-0.05, 0) is 30.2 Å². The van der Waals surface area contributed by atoms with E-state index in [1.54, 1.807) is 0 Å². The fourth-order valence-corrected chi connectivity index (χ4v) is 2.10. The summed E-state index contributed by atoms with van der Waals surface area (Å²) in [5.41, 5.74) is 3.91. The van der Waals surface area contributed by atoms with Crippen LogP contribution in [0.5, 0.6) is 0 Å². The zero-order valence-electron chi connectivity index (χ0n) is 7.46. The van der Waals surface area contributed by atoms with Gasteiger partial charge in [-0.15, -0.1) is 0 Å². The summed E-state index contributed by atoms with van der Waals surface area (Å²) in [4.78, 5) is 4.72. The SMILES string of the molecule is C1=CC2=NC3CCNCC3=CC2=C1. The predicted molar refractivity (Wildman–Crippen MR) is 54.0 cm³/mol. The Hall–Kier alpha value is -1.15. The third kappa shape index (κ3) is 1.10. The van der Waals surface area contributed by atoms with Crippen molar-refractivity contribution < 1.29 is 0 Å². The summed E-state index contributed by atoms with van der Waals surface area (Å²) in [7, 11) is 0. The number of aliphatic imine (C=N–C) groups is 1. The maximum Gasteiger partial charge on any atom is 0.0744 e. The lowest BCUT2D eigenvalue weighted by Crippen LogP contribution is -2.34. The number of dihydropyridines is 1. The predicted octanol–water partition coefficient (Wildman–Crippen LogP) is 1.23. The number of nitrogens with one attached hydrogen (secondary N) is 1. The molecule has 1 N–H and O–H groups in total. The largest absolute Gasteiger partial charge is 0.313 e. The molecule has 2 aliphatic heterocycles. The number of allylic oxidation sites excluding steroid dienone is 5. The zero-order chi connectivity index (χ0) is 8.67. The third-order valence-electron chi connectivity index (χ3n) is 2.81. The first-order valence-corrected chi connectivity index (χ1v) is 4.81. The molecule has 1 fully saturated rings. The quantitative estimate of drug-likeness (QED) is 0.584. The van der Waals surface area contributed by atoms with Crippen LogP contribution in [0, 0.1) is 0 Å². The molecule has 1 saturated heterocycles. The minimum absolute atomic E-state index is 0.455. The second-order valence-corrected chi connectivity index (χ2v) is 3.70. The van der Waals surface area contributed by atoms with E-state index in [1.165, 1.54) is 16.9 Å². The monoisotopic (exact) mass is 172 g/mol. The van der Waals surface area contributed by atoms with Gasteiger partial charge in [0.1, 0.15) is 0 Å². The summed E-state index contributed by atoms with van der Waals surface area (Å²) in [6, 6.07) is 0.455. The fourth-order valence-electron chi connectivity index (χ4n) is 2.10. The van der Waals surface area contributed by atoms with Crippen molar-refractivity contribution in [1.29, 1.82) is 0 Å². The summed E-state index contributed by atoms with van der Waals surface area (Å²) >= 11 is 0. The van der Waals surface area contributed by atoms with Crippen LogP contribution in [-0.4, -0.2) is 24.8 Å². The van der Waals surface area contributed by atoms with Gasteiger partial charge in [0.05, 0.1) is 11.8 Å². The van der Waals surface area contributed by atoms with Gasteiger partial charge in [0.2, 0.25) is 0 Å². The van der Waals surface area contributed by atoms with E-state index in [-0.39, 0.29) is 0 Å². The second-order valence-electron chi connectivity index (χ2n) is 3.70. The molecule has 0 saturated carbocycles. The summed E-state index contributed by atoms with van der Waals surface area (Å²) in [5.74, 6) is 0. The van der Waals surface area contributed by atoms with E-state index in [1.807, 2.05) is 0 Å². The Morgan fingerprint density at radius 1 is 1.46 bits per heavy atom. The van der Waals surface area contributed by atoms with Crippen molar-refractivity contribution in [2.24, 2.45) is 4.99 Å². The van der Waals surface area contributed by atoms with E-state index in [0.29, 0.717) is 6.04 Å². The molecule has 2 nitrogen and oxygen atoms in total. The average molecular weight is 172 g/mol. The second kappa shape index (κ2) is 2.67. The van der Waals surface area contributed by atoms with Gasteiger partial charge in [-0.25, -0.2) is 0 Å². The molecule has 2 heteroatoms. The first kappa shape index (κ1) is 7.27. The molecule has 0 aromatic heterocycles. The molecule has 1 aliphatic carbocycles. The van der Waals surface area contributed by atoms with E-state index in [4.69, 9.17) is 4.99 Å². The van der Waals surface area contributed by atoms with E-state index in [9.17, 15) is 0 Å². The Morgan fingerprint density at radius 3 is 3.46 bits per heavy atom. The van der Waals surface area contributed by atoms with E-state index in [2.05, 4.69) is 29.6 Å². The Balaban J connectivity index is 2.00. The van der Waals surface area contributed by atoms with Gasteiger partial charge in [-0.1, -0.05) is 18.2 Å². The van der Waals surface area contributed by atoms with Crippen LogP contribution < -0.4 is 5.32 Å². The zero-order valence-corrected chi connectivity index (χ0v) is 7.46. The molecule has 1 unspecified atom stereocenters. The van der Waals surface area contributed by atoms with Gasteiger partial charge in [-0.2, -0.15) is 0 Å². The third-order valence-corrected chi connectivity index (χ3v) is 2.81. The van der Waals surface area contributed by atoms with Gasteiger partial charge in [-0.3, -0.25) is 4.99 Å². The molecule has 3 aliphatic rings. The van der Waals surface area contributed by atoms with Crippen LogP contribution in [-0.2, 0) is 0 Å². The van der Waals surface area contributed by atoms with Crippen molar-refractivity contribution in [3.05, 3.63) is 35.5 Å². The maximum absolute atomic E-state index is 4.72. The molecule has 66 valence electrons. The number of rotatable bonds is 0. The lowest BCUT2D eigenvalue weighted by atomic mass is 9.94. The highest BCUT2D eigenvalue weighted by molar-refractivity contribution is 6.13. The Labute approximate surface area is 77.7 Å². The van der Waals surface area contributed by atoms with E-state index in [0.717, 1.165) is 19.5 Å². The van der Waals surface area contributed by atoms with Gasteiger partial charge < -0.3 is 5.32 Å². The minimum atomic E-state index is 0.455. The maximum atomic E-state index is 4.72. The standard InChI is InChI=1S/C11H12N2/c1-2-8-6-9-7-12-5-4-11(9)13-10(8)3-1/h1-3,6,11-12H,4-5,7H2. The lowest BCUT2D eigenvalue weighted by Gasteiger charge is -2.27. The molecule has 0 aromatic carbocycles. The lowest BCUT2D eigenvalue weighted by molar-refractivity contribution is 0.548. The first-order valence-electron chi connectivity index (χ1n) is 4.81. The summed E-state index contributed by atoms with van der Waals surface area (Å²) in [6.45, 7) is 2.11. The number of hydrogen-bond donors (Lipinski definition) is 1. The molecule has 1 atom stereocenters. The van der Waals surface area contributed by atoms with Crippen molar-refractivity contribution in [1.82, 2.24) is 5.32 Å². The summed E-state index contributed by atoms with van der Waals surface area (Å²) in [6.07, 6.45) is 9.76. The normalized spacial score (nSPS) is 30.2. The molecule has 0 amide bonds. The molecular formula is C11H12N2. The highest BCUT2D eigenvalue weighted by atomic mass is 14.9. The highest BCUT2D eigenvalue weighted by Gasteiger charge is 2.23. The summed E-state index contributed by atoms with van der Waals surface area (Å²) < 4.78 is 0. The Morgan fingerprint density at radius 2 is 2.46 bits per heavy atom. The van der Waals surface area contributed by atoms with Crippen LogP contribution in [0.2, 0.25) is 0 Å². The molecular weight excluding hydrogens is 160 g/mol. The molecule has 0 radical (unpaired) electrons. The smallest absolute Gasteiger partial charge is 0.0744 e.